The Kier molecular flexibility index (Phi) is 3.23. The van der Waals surface area contributed by atoms with Crippen molar-refractivity contribution in [2.75, 3.05) is 6.26 Å². The van der Waals surface area contributed by atoms with Crippen LogP contribution in [0.5, 0.6) is 0 Å². The van der Waals surface area contributed by atoms with Crippen LogP contribution in [0.4, 0.5) is 0 Å². The minimum atomic E-state index is 0.0394. The van der Waals surface area contributed by atoms with E-state index in [1.807, 2.05) is 6.26 Å². The molecule has 0 bridgehead atoms. The molecule has 0 aromatic heterocycles. The summed E-state index contributed by atoms with van der Waals surface area (Å²) in [5, 5.41) is 0.335. The van der Waals surface area contributed by atoms with Crippen molar-refractivity contribution in [2.24, 2.45) is 17.3 Å². The number of hydrogen-bond donors (Lipinski definition) is 0. The number of carbonyl (C=O) groups is 1. The van der Waals surface area contributed by atoms with Gasteiger partial charge < -0.3 is 0 Å². The second-order valence-electron chi connectivity index (χ2n) is 4.44. The molecule has 1 nitrogen and oxygen atoms in total. The van der Waals surface area contributed by atoms with Crippen LogP contribution in [-0.4, -0.2) is 11.4 Å². The lowest BCUT2D eigenvalue weighted by molar-refractivity contribution is -0.118. The Morgan fingerprint density at radius 3 is 2.62 bits per heavy atom. The van der Waals surface area contributed by atoms with Gasteiger partial charge in [0.2, 0.25) is 0 Å². The molecule has 1 aliphatic rings. The molecule has 0 saturated carbocycles. The van der Waals surface area contributed by atoms with E-state index in [-0.39, 0.29) is 11.3 Å². The van der Waals surface area contributed by atoms with E-state index in [9.17, 15) is 4.79 Å². The van der Waals surface area contributed by atoms with E-state index in [1.54, 1.807) is 0 Å². The van der Waals surface area contributed by atoms with Crippen LogP contribution in [0.3, 0.4) is 0 Å². The summed E-state index contributed by atoms with van der Waals surface area (Å²) in [6.07, 6.45) is 7.31. The summed E-state index contributed by atoms with van der Waals surface area (Å²) in [6.45, 7) is 6.47. The lowest BCUT2D eigenvalue weighted by atomic mass is 9.68. The van der Waals surface area contributed by atoms with Gasteiger partial charge in [-0.1, -0.05) is 44.7 Å². The topological polar surface area (TPSA) is 17.1 Å². The molecule has 2 atom stereocenters. The fourth-order valence-corrected chi connectivity index (χ4v) is 3.01. The lowest BCUT2D eigenvalue weighted by Gasteiger charge is -2.37. The van der Waals surface area contributed by atoms with Gasteiger partial charge in [-0.15, -0.1) is 0 Å². The van der Waals surface area contributed by atoms with Gasteiger partial charge in [-0.25, -0.2) is 0 Å². The Balaban J connectivity index is 2.90. The summed E-state index contributed by atoms with van der Waals surface area (Å²) in [4.78, 5) is 11.7. The largest absolute Gasteiger partial charge is 0.287 e. The van der Waals surface area contributed by atoms with E-state index in [4.69, 9.17) is 0 Å². The molecule has 0 radical (unpaired) electrons. The van der Waals surface area contributed by atoms with Crippen molar-refractivity contribution in [1.29, 1.82) is 0 Å². The molecule has 0 amide bonds. The van der Waals surface area contributed by atoms with E-state index in [0.29, 0.717) is 11.0 Å². The Bertz CT molecular complexity index is 230. The maximum atomic E-state index is 11.7. The summed E-state index contributed by atoms with van der Waals surface area (Å²) < 4.78 is 0. The molecule has 1 aliphatic carbocycles. The molecule has 74 valence electrons. The fourth-order valence-electron chi connectivity index (χ4n) is 2.22. The number of thioether (sulfide) groups is 1. The second kappa shape index (κ2) is 3.87. The molecule has 0 fully saturated rings. The highest BCUT2D eigenvalue weighted by atomic mass is 32.2. The Labute approximate surface area is 85.0 Å². The van der Waals surface area contributed by atoms with E-state index < -0.39 is 0 Å². The summed E-state index contributed by atoms with van der Waals surface area (Å²) >= 11 is 1.36. The average Bonchev–Trinajstić information content (AvgIpc) is 2.02. The maximum absolute atomic E-state index is 11.7. The predicted molar refractivity (Wildman–Crippen MR) is 58.7 cm³/mol. The normalized spacial score (nSPS) is 31.7. The van der Waals surface area contributed by atoms with Crippen molar-refractivity contribution in [1.82, 2.24) is 0 Å². The predicted octanol–water partition coefficient (Wildman–Crippen LogP) is 3.11. The lowest BCUT2D eigenvalue weighted by Crippen LogP contribution is -2.35. The fraction of sp³-hybridized carbons (Fsp3) is 0.727. The molecular formula is C11H18OS. The van der Waals surface area contributed by atoms with Crippen molar-refractivity contribution in [2.45, 2.75) is 27.2 Å². The van der Waals surface area contributed by atoms with Crippen LogP contribution in [0.1, 0.15) is 27.2 Å². The Morgan fingerprint density at radius 2 is 2.15 bits per heavy atom. The molecule has 0 saturated heterocycles. The molecule has 13 heavy (non-hydrogen) atoms. The van der Waals surface area contributed by atoms with Crippen LogP contribution in [0.15, 0.2) is 12.2 Å². The van der Waals surface area contributed by atoms with Crippen LogP contribution in [0, 0.1) is 17.3 Å². The van der Waals surface area contributed by atoms with E-state index in [1.165, 1.54) is 11.8 Å². The van der Waals surface area contributed by atoms with Crippen LogP contribution < -0.4 is 0 Å². The van der Waals surface area contributed by atoms with Gasteiger partial charge in [0, 0.05) is 5.92 Å². The van der Waals surface area contributed by atoms with Crippen molar-refractivity contribution < 1.29 is 4.79 Å². The van der Waals surface area contributed by atoms with Crippen molar-refractivity contribution in [3.8, 4) is 0 Å². The molecule has 0 aromatic rings. The second-order valence-corrected chi connectivity index (χ2v) is 5.25. The summed E-state index contributed by atoms with van der Waals surface area (Å²) in [6, 6.07) is 0. The number of allylic oxidation sites excluding steroid dienone is 2. The zero-order valence-electron chi connectivity index (χ0n) is 8.83. The van der Waals surface area contributed by atoms with Gasteiger partial charge in [0.25, 0.3) is 0 Å². The van der Waals surface area contributed by atoms with Crippen LogP contribution in [-0.2, 0) is 4.79 Å². The Hall–Kier alpha value is -0.240. The SMILES string of the molecule is CSC(=O)C1C(C)CC=CC1(C)C. The first-order valence-corrected chi connectivity index (χ1v) is 5.97. The van der Waals surface area contributed by atoms with Gasteiger partial charge in [0.05, 0.1) is 0 Å². The van der Waals surface area contributed by atoms with Gasteiger partial charge in [-0.3, -0.25) is 4.79 Å². The number of carbonyl (C=O) groups excluding carboxylic acids is 1. The van der Waals surface area contributed by atoms with Gasteiger partial charge in [0.15, 0.2) is 5.12 Å². The molecule has 1 rings (SSSR count). The minimum Gasteiger partial charge on any atom is -0.287 e. The molecule has 2 unspecified atom stereocenters. The highest BCUT2D eigenvalue weighted by molar-refractivity contribution is 8.13. The van der Waals surface area contributed by atoms with E-state index in [0.717, 1.165) is 6.42 Å². The molecule has 0 aromatic carbocycles. The smallest absolute Gasteiger partial charge is 0.192 e. The van der Waals surface area contributed by atoms with Gasteiger partial charge in [-0.05, 0) is 24.0 Å². The molecule has 2 heteroatoms. The first-order valence-electron chi connectivity index (χ1n) is 4.74. The number of rotatable bonds is 1. The molecule has 0 heterocycles. The minimum absolute atomic E-state index is 0.0394. The molecule has 0 spiro atoms. The first-order chi connectivity index (χ1) is 5.99. The van der Waals surface area contributed by atoms with Crippen LogP contribution >= 0.6 is 11.8 Å². The van der Waals surface area contributed by atoms with Gasteiger partial charge >= 0.3 is 0 Å². The Morgan fingerprint density at radius 1 is 1.54 bits per heavy atom. The van der Waals surface area contributed by atoms with Crippen LogP contribution in [0.2, 0.25) is 0 Å². The molecule has 0 N–H and O–H groups in total. The van der Waals surface area contributed by atoms with E-state index in [2.05, 4.69) is 32.9 Å². The first kappa shape index (κ1) is 10.8. The molecular weight excluding hydrogens is 180 g/mol. The number of hydrogen-bond acceptors (Lipinski definition) is 2. The zero-order valence-corrected chi connectivity index (χ0v) is 9.65. The summed E-state index contributed by atoms with van der Waals surface area (Å²) in [5.74, 6) is 0.674. The molecule has 0 aliphatic heterocycles. The average molecular weight is 198 g/mol. The third-order valence-corrected chi connectivity index (χ3v) is 3.54. The monoisotopic (exact) mass is 198 g/mol. The maximum Gasteiger partial charge on any atom is 0.192 e. The van der Waals surface area contributed by atoms with Crippen molar-refractivity contribution >= 4 is 16.9 Å². The standard InChI is InChI=1S/C11H18OS/c1-8-6-5-7-11(2,3)9(8)10(12)13-4/h5,7-9H,6H2,1-4H3. The third-order valence-electron chi connectivity index (χ3n) is 2.88. The summed E-state index contributed by atoms with van der Waals surface area (Å²) in [5.41, 5.74) is 0.0394. The van der Waals surface area contributed by atoms with Gasteiger partial charge in [0.1, 0.15) is 0 Å². The van der Waals surface area contributed by atoms with Gasteiger partial charge in [-0.2, -0.15) is 0 Å². The quantitative estimate of drug-likeness (QED) is 0.602. The van der Waals surface area contributed by atoms with Crippen molar-refractivity contribution in [3.05, 3.63) is 12.2 Å². The highest BCUT2D eigenvalue weighted by Crippen LogP contribution is 2.41. The zero-order chi connectivity index (χ0) is 10.1. The van der Waals surface area contributed by atoms with Crippen LogP contribution in [0.25, 0.3) is 0 Å². The summed E-state index contributed by atoms with van der Waals surface area (Å²) in [7, 11) is 0. The van der Waals surface area contributed by atoms with E-state index >= 15 is 0 Å². The highest BCUT2D eigenvalue weighted by Gasteiger charge is 2.38. The van der Waals surface area contributed by atoms with Crippen molar-refractivity contribution in [3.63, 3.8) is 0 Å². The third kappa shape index (κ3) is 2.16.